The highest BCUT2D eigenvalue weighted by Crippen LogP contribution is 2.07. The fraction of sp³-hybridized carbons (Fsp3) is 0.846. The normalized spacial score (nSPS) is 10.9. The number of quaternary nitrogens is 1. The molecule has 0 saturated carbocycles. The molecule has 0 aliphatic carbocycles. The van der Waals surface area contributed by atoms with Crippen LogP contribution in [0.4, 0.5) is 0 Å². The maximum atomic E-state index is 3.14. The summed E-state index contributed by atoms with van der Waals surface area (Å²) in [5, 5.41) is 0. The molecule has 15 heavy (non-hydrogen) atoms. The van der Waals surface area contributed by atoms with Crippen molar-refractivity contribution in [3.8, 4) is 10.8 Å². The van der Waals surface area contributed by atoms with Crippen molar-refractivity contribution in [2.45, 2.75) is 45.4 Å². The van der Waals surface area contributed by atoms with Crippen molar-refractivity contribution in [3.05, 3.63) is 0 Å². The topological polar surface area (TPSA) is 0 Å². The molecule has 0 amide bonds. The highest BCUT2D eigenvalue weighted by atomic mass is 79.9. The molecule has 0 bridgehead atoms. The summed E-state index contributed by atoms with van der Waals surface area (Å²) in [6.07, 6.45) is 8.25. The Morgan fingerprint density at radius 3 is 2.20 bits per heavy atom. The van der Waals surface area contributed by atoms with Gasteiger partial charge in [0, 0.05) is 15.9 Å². The minimum absolute atomic E-state index is 0.945. The van der Waals surface area contributed by atoms with E-state index < -0.39 is 0 Å². The molecular formula is C13H25BrN+. The van der Waals surface area contributed by atoms with Crippen molar-refractivity contribution >= 4 is 15.9 Å². The van der Waals surface area contributed by atoms with E-state index in [1.165, 1.54) is 45.1 Å². The molecule has 1 nitrogen and oxygen atoms in total. The first-order valence-electron chi connectivity index (χ1n) is 6.03. The van der Waals surface area contributed by atoms with E-state index in [0.717, 1.165) is 11.0 Å². The highest BCUT2D eigenvalue weighted by Gasteiger charge is 2.11. The molecule has 88 valence electrons. The van der Waals surface area contributed by atoms with Gasteiger partial charge in [-0.2, -0.15) is 0 Å². The molecule has 0 unspecified atom stereocenters. The first kappa shape index (κ1) is 15.0. The standard InChI is InChI=1S/C13H25BrN/c1-4-5-6-7-8-9-12-15(2,3)13-10-11-14/h4-9,12-13H2,1-3H3/q+1. The second kappa shape index (κ2) is 9.24. The molecule has 0 saturated heterocycles. The number of halogens is 1. The van der Waals surface area contributed by atoms with Crippen LogP contribution in [0.5, 0.6) is 0 Å². The average Bonchev–Trinajstić information content (AvgIpc) is 2.20. The van der Waals surface area contributed by atoms with Gasteiger partial charge in [0.15, 0.2) is 0 Å². The zero-order valence-electron chi connectivity index (χ0n) is 10.5. The molecule has 0 radical (unpaired) electrons. The van der Waals surface area contributed by atoms with E-state index in [1.807, 2.05) is 0 Å². The molecule has 0 aliphatic heterocycles. The van der Waals surface area contributed by atoms with Crippen molar-refractivity contribution in [1.82, 2.24) is 0 Å². The molecule has 0 spiro atoms. The maximum absolute atomic E-state index is 3.14. The fourth-order valence-corrected chi connectivity index (χ4v) is 1.77. The van der Waals surface area contributed by atoms with E-state index in [4.69, 9.17) is 0 Å². The predicted molar refractivity (Wildman–Crippen MR) is 71.9 cm³/mol. The van der Waals surface area contributed by atoms with Crippen LogP contribution < -0.4 is 0 Å². The van der Waals surface area contributed by atoms with E-state index in [9.17, 15) is 0 Å². The Kier molecular flexibility index (Phi) is 9.24. The van der Waals surface area contributed by atoms with Crippen LogP contribution in [0.1, 0.15) is 45.4 Å². The van der Waals surface area contributed by atoms with Gasteiger partial charge >= 0.3 is 0 Å². The van der Waals surface area contributed by atoms with Gasteiger partial charge in [0.2, 0.25) is 0 Å². The summed E-state index contributed by atoms with van der Waals surface area (Å²) < 4.78 is 1.02. The van der Waals surface area contributed by atoms with Crippen LogP contribution in [-0.4, -0.2) is 31.7 Å². The summed E-state index contributed by atoms with van der Waals surface area (Å²) in [4.78, 5) is 2.79. The van der Waals surface area contributed by atoms with Crippen molar-refractivity contribution in [2.75, 3.05) is 27.2 Å². The third-order valence-corrected chi connectivity index (χ3v) is 2.97. The Labute approximate surface area is 104 Å². The Morgan fingerprint density at radius 1 is 1.00 bits per heavy atom. The monoisotopic (exact) mass is 274 g/mol. The molecule has 0 fully saturated rings. The quantitative estimate of drug-likeness (QED) is 0.359. The van der Waals surface area contributed by atoms with E-state index in [1.54, 1.807) is 0 Å². The number of hydrogen-bond acceptors (Lipinski definition) is 0. The highest BCUT2D eigenvalue weighted by molar-refractivity contribution is 9.12. The van der Waals surface area contributed by atoms with Crippen molar-refractivity contribution in [1.29, 1.82) is 0 Å². The number of hydrogen-bond donors (Lipinski definition) is 0. The summed E-state index contributed by atoms with van der Waals surface area (Å²) >= 11 is 3.14. The summed E-state index contributed by atoms with van der Waals surface area (Å²) in [5.74, 6) is 3.09. The minimum Gasteiger partial charge on any atom is -0.318 e. The van der Waals surface area contributed by atoms with Gasteiger partial charge in [0.05, 0.1) is 20.6 Å². The van der Waals surface area contributed by atoms with Crippen LogP contribution >= 0.6 is 15.9 Å². The lowest BCUT2D eigenvalue weighted by atomic mass is 10.1. The lowest BCUT2D eigenvalue weighted by Crippen LogP contribution is -2.40. The van der Waals surface area contributed by atoms with Crippen molar-refractivity contribution in [3.63, 3.8) is 0 Å². The average molecular weight is 275 g/mol. The fourth-order valence-electron chi connectivity index (χ4n) is 1.64. The van der Waals surface area contributed by atoms with Crippen LogP contribution in [-0.2, 0) is 0 Å². The van der Waals surface area contributed by atoms with Gasteiger partial charge in [-0.3, -0.25) is 0 Å². The Balaban J connectivity index is 3.42. The third kappa shape index (κ3) is 10.3. The molecule has 0 aromatic heterocycles. The molecule has 2 heteroatoms. The van der Waals surface area contributed by atoms with Gasteiger partial charge in [-0.1, -0.05) is 32.6 Å². The van der Waals surface area contributed by atoms with Gasteiger partial charge in [0.1, 0.15) is 6.54 Å². The largest absolute Gasteiger partial charge is 0.318 e. The van der Waals surface area contributed by atoms with Gasteiger partial charge in [-0.15, -0.1) is 0 Å². The molecule has 0 N–H and O–H groups in total. The summed E-state index contributed by atoms with van der Waals surface area (Å²) in [6, 6.07) is 0. The van der Waals surface area contributed by atoms with Gasteiger partial charge in [-0.05, 0) is 23.6 Å². The van der Waals surface area contributed by atoms with E-state index >= 15 is 0 Å². The summed E-state index contributed by atoms with van der Waals surface area (Å²) in [6.45, 7) is 4.45. The molecule has 0 aromatic rings. The maximum Gasteiger partial charge on any atom is 0.141 e. The predicted octanol–water partition coefficient (Wildman–Crippen LogP) is 3.78. The summed E-state index contributed by atoms with van der Waals surface area (Å²) in [5.41, 5.74) is 0. The van der Waals surface area contributed by atoms with Crippen molar-refractivity contribution in [2.24, 2.45) is 0 Å². The Morgan fingerprint density at radius 2 is 1.60 bits per heavy atom. The van der Waals surface area contributed by atoms with E-state index in [0.29, 0.717) is 0 Å². The Bertz CT molecular complexity index is 200. The minimum atomic E-state index is 0.945. The molecule has 0 heterocycles. The molecular weight excluding hydrogens is 250 g/mol. The SMILES string of the molecule is CCCCCCCC[N+](C)(C)CC#CBr. The second-order valence-electron chi connectivity index (χ2n) is 4.86. The number of unbranched alkanes of at least 4 members (excludes halogenated alkanes) is 5. The Hall–Kier alpha value is 0. The first-order valence-corrected chi connectivity index (χ1v) is 6.82. The van der Waals surface area contributed by atoms with Gasteiger partial charge in [-0.25, -0.2) is 0 Å². The van der Waals surface area contributed by atoms with Crippen LogP contribution in [0, 0.1) is 10.8 Å². The molecule has 0 aromatic carbocycles. The smallest absolute Gasteiger partial charge is 0.141 e. The first-order chi connectivity index (χ1) is 7.12. The zero-order chi connectivity index (χ0) is 11.6. The van der Waals surface area contributed by atoms with E-state index in [2.05, 4.69) is 47.7 Å². The number of rotatable bonds is 8. The van der Waals surface area contributed by atoms with Crippen LogP contribution in [0.3, 0.4) is 0 Å². The third-order valence-electron chi connectivity index (χ3n) is 2.69. The van der Waals surface area contributed by atoms with Gasteiger partial charge < -0.3 is 4.48 Å². The van der Waals surface area contributed by atoms with Crippen LogP contribution in [0.15, 0.2) is 0 Å². The van der Waals surface area contributed by atoms with Crippen LogP contribution in [0.2, 0.25) is 0 Å². The second-order valence-corrected chi connectivity index (χ2v) is 5.25. The molecule has 0 rings (SSSR count). The molecule has 0 atom stereocenters. The van der Waals surface area contributed by atoms with Gasteiger partial charge in [0.25, 0.3) is 0 Å². The van der Waals surface area contributed by atoms with E-state index in [-0.39, 0.29) is 0 Å². The number of nitrogens with zero attached hydrogens (tertiary/aromatic N) is 1. The zero-order valence-corrected chi connectivity index (χ0v) is 12.1. The summed E-state index contributed by atoms with van der Waals surface area (Å²) in [7, 11) is 4.51. The lowest BCUT2D eigenvalue weighted by Gasteiger charge is -2.27. The van der Waals surface area contributed by atoms with Crippen LogP contribution in [0.25, 0.3) is 0 Å². The molecule has 0 aliphatic rings. The lowest BCUT2D eigenvalue weighted by molar-refractivity contribution is -0.883. The van der Waals surface area contributed by atoms with Crippen molar-refractivity contribution < 1.29 is 4.48 Å².